The lowest BCUT2D eigenvalue weighted by Gasteiger charge is -2.11. The van der Waals surface area contributed by atoms with Crippen LogP contribution in [-0.2, 0) is 0 Å². The summed E-state index contributed by atoms with van der Waals surface area (Å²) in [6, 6.07) is 5.86. The highest BCUT2D eigenvalue weighted by atomic mass is 79.9. The minimum Gasteiger partial charge on any atom is -0.493 e. The number of aryl methyl sites for hydroxylation is 2. The predicted molar refractivity (Wildman–Crippen MR) is 64.5 cm³/mol. The number of rotatable bonds is 4. The van der Waals surface area contributed by atoms with Gasteiger partial charge in [0.05, 0.1) is 18.2 Å². The first-order chi connectivity index (χ1) is 7.19. The molecule has 80 valence electrons. The van der Waals surface area contributed by atoms with E-state index in [1.54, 1.807) is 0 Å². The van der Waals surface area contributed by atoms with E-state index in [-0.39, 0.29) is 0 Å². The highest BCUT2D eigenvalue weighted by Crippen LogP contribution is 2.24. The smallest absolute Gasteiger partial charge is 0.125 e. The lowest BCUT2D eigenvalue weighted by atomic mass is 10.1. The van der Waals surface area contributed by atoms with Gasteiger partial charge in [-0.05, 0) is 43.5 Å². The molecule has 0 radical (unpaired) electrons. The van der Waals surface area contributed by atoms with Crippen molar-refractivity contribution in [1.29, 1.82) is 5.26 Å². The number of benzene rings is 1. The normalized spacial score (nSPS) is 9.73. The van der Waals surface area contributed by atoms with E-state index in [1.807, 2.05) is 26.0 Å². The van der Waals surface area contributed by atoms with Crippen molar-refractivity contribution < 1.29 is 4.74 Å². The minimum absolute atomic E-state index is 0.692. The standard InChI is InChI=1S/C12H14BrNO/c1-9-6-11(8-14)7-10(2)12(9)15-5-3-4-13/h6-7H,3-5H2,1-2H3. The van der Waals surface area contributed by atoms with Gasteiger partial charge in [0.2, 0.25) is 0 Å². The van der Waals surface area contributed by atoms with Gasteiger partial charge < -0.3 is 4.74 Å². The second kappa shape index (κ2) is 5.77. The van der Waals surface area contributed by atoms with Crippen molar-refractivity contribution in [2.45, 2.75) is 20.3 Å². The summed E-state index contributed by atoms with van der Waals surface area (Å²) >= 11 is 3.36. The van der Waals surface area contributed by atoms with E-state index < -0.39 is 0 Å². The summed E-state index contributed by atoms with van der Waals surface area (Å²) in [5, 5.41) is 9.74. The first-order valence-corrected chi connectivity index (χ1v) is 6.01. The zero-order chi connectivity index (χ0) is 11.3. The van der Waals surface area contributed by atoms with Crippen molar-refractivity contribution in [3.05, 3.63) is 28.8 Å². The Morgan fingerprint density at radius 1 is 1.33 bits per heavy atom. The van der Waals surface area contributed by atoms with E-state index >= 15 is 0 Å². The molecule has 0 unspecified atom stereocenters. The van der Waals surface area contributed by atoms with Gasteiger partial charge in [0.1, 0.15) is 5.75 Å². The Bertz CT molecular complexity index is 359. The highest BCUT2D eigenvalue weighted by Gasteiger charge is 2.05. The number of nitrogens with zero attached hydrogens (tertiary/aromatic N) is 1. The summed E-state index contributed by atoms with van der Waals surface area (Å²) in [5.74, 6) is 0.912. The van der Waals surface area contributed by atoms with Gasteiger partial charge in [0, 0.05) is 5.33 Å². The summed E-state index contributed by atoms with van der Waals surface area (Å²) in [7, 11) is 0. The highest BCUT2D eigenvalue weighted by molar-refractivity contribution is 9.09. The zero-order valence-electron chi connectivity index (χ0n) is 9.01. The molecular formula is C12H14BrNO. The third kappa shape index (κ3) is 3.24. The Balaban J connectivity index is 2.85. The van der Waals surface area contributed by atoms with Gasteiger partial charge in [-0.15, -0.1) is 0 Å². The molecule has 0 fully saturated rings. The molecule has 3 heteroatoms. The Morgan fingerprint density at radius 2 is 1.93 bits per heavy atom. The van der Waals surface area contributed by atoms with Crippen molar-refractivity contribution in [2.24, 2.45) is 0 Å². The van der Waals surface area contributed by atoms with Crippen LogP contribution in [0, 0.1) is 25.2 Å². The van der Waals surface area contributed by atoms with Crippen LogP contribution in [0.1, 0.15) is 23.1 Å². The molecule has 1 rings (SSSR count). The molecule has 0 saturated heterocycles. The molecule has 0 aliphatic rings. The summed E-state index contributed by atoms with van der Waals surface area (Å²) in [4.78, 5) is 0. The van der Waals surface area contributed by atoms with E-state index in [0.29, 0.717) is 12.2 Å². The lowest BCUT2D eigenvalue weighted by molar-refractivity contribution is 0.315. The molecule has 1 aromatic carbocycles. The molecule has 15 heavy (non-hydrogen) atoms. The molecule has 0 aromatic heterocycles. The fourth-order valence-electron chi connectivity index (χ4n) is 1.47. The molecule has 0 aliphatic carbocycles. The van der Waals surface area contributed by atoms with E-state index in [9.17, 15) is 0 Å². The molecule has 0 N–H and O–H groups in total. The molecule has 0 spiro atoms. The topological polar surface area (TPSA) is 33.0 Å². The van der Waals surface area contributed by atoms with Crippen LogP contribution in [0.25, 0.3) is 0 Å². The van der Waals surface area contributed by atoms with Crippen molar-refractivity contribution in [3.8, 4) is 11.8 Å². The predicted octanol–water partition coefficient (Wildman–Crippen LogP) is 3.34. The first kappa shape index (κ1) is 12.1. The molecule has 0 aliphatic heterocycles. The number of ether oxygens (including phenoxy) is 1. The van der Waals surface area contributed by atoms with Gasteiger partial charge >= 0.3 is 0 Å². The van der Waals surface area contributed by atoms with Crippen molar-refractivity contribution in [1.82, 2.24) is 0 Å². The SMILES string of the molecule is Cc1cc(C#N)cc(C)c1OCCCBr. The quantitative estimate of drug-likeness (QED) is 0.619. The molecule has 0 saturated carbocycles. The maximum atomic E-state index is 8.79. The lowest BCUT2D eigenvalue weighted by Crippen LogP contribution is -2.01. The molecule has 1 aromatic rings. The molecular weight excluding hydrogens is 254 g/mol. The number of hydrogen-bond acceptors (Lipinski definition) is 2. The zero-order valence-corrected chi connectivity index (χ0v) is 10.6. The molecule has 0 atom stereocenters. The Labute approximate surface area is 99.0 Å². The van der Waals surface area contributed by atoms with Crippen LogP contribution >= 0.6 is 15.9 Å². The van der Waals surface area contributed by atoms with Gasteiger partial charge in [-0.3, -0.25) is 0 Å². The molecule has 0 bridgehead atoms. The van der Waals surface area contributed by atoms with Crippen LogP contribution in [-0.4, -0.2) is 11.9 Å². The van der Waals surface area contributed by atoms with Crippen molar-refractivity contribution >= 4 is 15.9 Å². The van der Waals surface area contributed by atoms with Gasteiger partial charge in [0.25, 0.3) is 0 Å². The summed E-state index contributed by atoms with van der Waals surface area (Å²) in [5.41, 5.74) is 2.75. The van der Waals surface area contributed by atoms with Crippen LogP contribution in [0.15, 0.2) is 12.1 Å². The van der Waals surface area contributed by atoms with Crippen LogP contribution in [0.3, 0.4) is 0 Å². The fourth-order valence-corrected chi connectivity index (χ4v) is 1.70. The third-order valence-electron chi connectivity index (χ3n) is 2.11. The third-order valence-corrected chi connectivity index (χ3v) is 2.67. The summed E-state index contributed by atoms with van der Waals surface area (Å²) < 4.78 is 5.67. The maximum Gasteiger partial charge on any atom is 0.125 e. The van der Waals surface area contributed by atoms with E-state index in [4.69, 9.17) is 10.00 Å². The van der Waals surface area contributed by atoms with Gasteiger partial charge in [-0.25, -0.2) is 0 Å². The van der Waals surface area contributed by atoms with Crippen LogP contribution in [0.4, 0.5) is 0 Å². The Hall–Kier alpha value is -1.01. The number of alkyl halides is 1. The largest absolute Gasteiger partial charge is 0.493 e. The number of nitriles is 1. The monoisotopic (exact) mass is 267 g/mol. The fraction of sp³-hybridized carbons (Fsp3) is 0.417. The van der Waals surface area contributed by atoms with Gasteiger partial charge in [0.15, 0.2) is 0 Å². The maximum absolute atomic E-state index is 8.79. The van der Waals surface area contributed by atoms with Crippen LogP contribution in [0.2, 0.25) is 0 Å². The van der Waals surface area contributed by atoms with Crippen molar-refractivity contribution in [3.63, 3.8) is 0 Å². The summed E-state index contributed by atoms with van der Waals surface area (Å²) in [6.07, 6.45) is 0.985. The number of halogens is 1. The number of hydrogen-bond donors (Lipinski definition) is 0. The van der Waals surface area contributed by atoms with E-state index in [0.717, 1.165) is 28.6 Å². The van der Waals surface area contributed by atoms with Gasteiger partial charge in [-0.2, -0.15) is 5.26 Å². The molecule has 0 amide bonds. The molecule has 0 heterocycles. The average molecular weight is 268 g/mol. The van der Waals surface area contributed by atoms with Gasteiger partial charge in [-0.1, -0.05) is 15.9 Å². The second-order valence-corrected chi connectivity index (χ2v) is 4.23. The Kier molecular flexibility index (Phi) is 4.64. The first-order valence-electron chi connectivity index (χ1n) is 4.89. The minimum atomic E-state index is 0.692. The van der Waals surface area contributed by atoms with E-state index in [2.05, 4.69) is 22.0 Å². The summed E-state index contributed by atoms with van der Waals surface area (Å²) in [6.45, 7) is 4.65. The second-order valence-electron chi connectivity index (χ2n) is 3.44. The average Bonchev–Trinajstić information content (AvgIpc) is 2.22. The van der Waals surface area contributed by atoms with Crippen LogP contribution < -0.4 is 4.74 Å². The van der Waals surface area contributed by atoms with Crippen molar-refractivity contribution in [2.75, 3.05) is 11.9 Å². The molecule has 2 nitrogen and oxygen atoms in total. The van der Waals surface area contributed by atoms with E-state index in [1.165, 1.54) is 0 Å². The van der Waals surface area contributed by atoms with Crippen LogP contribution in [0.5, 0.6) is 5.75 Å². The Morgan fingerprint density at radius 3 is 2.40 bits per heavy atom.